The Labute approximate surface area is 106 Å². The lowest BCUT2D eigenvalue weighted by molar-refractivity contribution is -0.145. The first-order valence-electron chi connectivity index (χ1n) is 5.75. The standard InChI is InChI=1S/C12H18N2O4/c1-12(2,3)18-11(16)14-7-8(6-13)5-9(14)10(15)17-4/h8-9H,5,7H2,1-4H3/t8?,9-/m0/s1. The molecule has 0 aliphatic carbocycles. The van der Waals surface area contributed by atoms with Gasteiger partial charge in [-0.3, -0.25) is 4.90 Å². The number of esters is 1. The average Bonchev–Trinajstić information content (AvgIpc) is 2.69. The topological polar surface area (TPSA) is 79.6 Å². The van der Waals surface area contributed by atoms with Gasteiger partial charge in [0, 0.05) is 6.54 Å². The molecule has 0 bridgehead atoms. The smallest absolute Gasteiger partial charge is 0.411 e. The van der Waals surface area contributed by atoms with Gasteiger partial charge in [-0.25, -0.2) is 9.59 Å². The first-order chi connectivity index (χ1) is 8.28. The zero-order valence-corrected chi connectivity index (χ0v) is 11.1. The molecule has 1 aliphatic rings. The lowest BCUT2D eigenvalue weighted by atomic mass is 10.1. The van der Waals surface area contributed by atoms with Crippen LogP contribution < -0.4 is 0 Å². The largest absolute Gasteiger partial charge is 0.467 e. The van der Waals surface area contributed by atoms with Crippen molar-refractivity contribution in [3.05, 3.63) is 0 Å². The molecule has 0 radical (unpaired) electrons. The summed E-state index contributed by atoms with van der Waals surface area (Å²) in [5.41, 5.74) is -0.636. The van der Waals surface area contributed by atoms with Crippen LogP contribution >= 0.6 is 0 Å². The van der Waals surface area contributed by atoms with E-state index in [0.717, 1.165) is 0 Å². The van der Waals surface area contributed by atoms with E-state index < -0.39 is 23.7 Å². The van der Waals surface area contributed by atoms with Crippen molar-refractivity contribution in [1.82, 2.24) is 4.90 Å². The highest BCUT2D eigenvalue weighted by atomic mass is 16.6. The average molecular weight is 254 g/mol. The number of hydrogen-bond donors (Lipinski definition) is 0. The summed E-state index contributed by atoms with van der Waals surface area (Å²) in [6.07, 6.45) is -0.293. The molecular formula is C12H18N2O4. The van der Waals surface area contributed by atoms with E-state index in [1.54, 1.807) is 20.8 Å². The molecule has 1 rings (SSSR count). The summed E-state index contributed by atoms with van der Waals surface area (Å²) in [4.78, 5) is 24.8. The fourth-order valence-corrected chi connectivity index (χ4v) is 1.81. The van der Waals surface area contributed by atoms with E-state index in [4.69, 9.17) is 10.00 Å². The molecule has 1 saturated heterocycles. The molecule has 6 nitrogen and oxygen atoms in total. The van der Waals surface area contributed by atoms with Crippen LogP contribution in [0.3, 0.4) is 0 Å². The summed E-state index contributed by atoms with van der Waals surface area (Å²) >= 11 is 0. The summed E-state index contributed by atoms with van der Waals surface area (Å²) < 4.78 is 9.85. The quantitative estimate of drug-likeness (QED) is 0.659. The van der Waals surface area contributed by atoms with Gasteiger partial charge in [-0.05, 0) is 27.2 Å². The Kier molecular flexibility index (Phi) is 4.17. The van der Waals surface area contributed by atoms with E-state index in [9.17, 15) is 9.59 Å². The molecule has 0 aromatic heterocycles. The Bertz CT molecular complexity index is 381. The van der Waals surface area contributed by atoms with E-state index in [-0.39, 0.29) is 12.5 Å². The number of carbonyl (C=O) groups is 2. The SMILES string of the molecule is COC(=O)[C@@H]1CC(C#N)CN1C(=O)OC(C)(C)C. The van der Waals surface area contributed by atoms with Crippen LogP contribution in [0.5, 0.6) is 0 Å². The van der Waals surface area contributed by atoms with Crippen LogP contribution in [0.2, 0.25) is 0 Å². The molecular weight excluding hydrogens is 236 g/mol. The second-order valence-electron chi connectivity index (χ2n) is 5.23. The number of nitrogens with zero attached hydrogens (tertiary/aromatic N) is 2. The minimum atomic E-state index is -0.727. The number of carbonyl (C=O) groups excluding carboxylic acids is 2. The van der Waals surface area contributed by atoms with Gasteiger partial charge in [0.05, 0.1) is 19.1 Å². The normalized spacial score (nSPS) is 23.4. The molecule has 100 valence electrons. The molecule has 1 aliphatic heterocycles. The lowest BCUT2D eigenvalue weighted by Gasteiger charge is -2.27. The molecule has 1 heterocycles. The van der Waals surface area contributed by atoms with E-state index in [1.165, 1.54) is 12.0 Å². The zero-order valence-electron chi connectivity index (χ0n) is 11.1. The van der Waals surface area contributed by atoms with Crippen LogP contribution in [0.15, 0.2) is 0 Å². The number of nitriles is 1. The molecule has 1 amide bonds. The molecule has 0 saturated carbocycles. The molecule has 1 fully saturated rings. The molecule has 0 aromatic rings. The molecule has 18 heavy (non-hydrogen) atoms. The third-order valence-electron chi connectivity index (χ3n) is 2.58. The second kappa shape index (κ2) is 5.25. The molecule has 0 N–H and O–H groups in total. The van der Waals surface area contributed by atoms with E-state index in [0.29, 0.717) is 6.42 Å². The van der Waals surface area contributed by atoms with Crippen LogP contribution in [0, 0.1) is 17.2 Å². The maximum atomic E-state index is 11.9. The number of hydrogen-bond acceptors (Lipinski definition) is 5. The van der Waals surface area contributed by atoms with Crippen LogP contribution in [-0.2, 0) is 14.3 Å². The van der Waals surface area contributed by atoms with Crippen molar-refractivity contribution >= 4 is 12.1 Å². The van der Waals surface area contributed by atoms with Crippen LogP contribution in [0.4, 0.5) is 4.79 Å². The summed E-state index contributed by atoms with van der Waals surface area (Å²) in [5, 5.41) is 8.89. The highest BCUT2D eigenvalue weighted by Gasteiger charge is 2.42. The third kappa shape index (κ3) is 3.36. The number of likely N-dealkylation sites (tertiary alicyclic amines) is 1. The maximum Gasteiger partial charge on any atom is 0.411 e. The van der Waals surface area contributed by atoms with Gasteiger partial charge in [0.15, 0.2) is 0 Å². The first-order valence-corrected chi connectivity index (χ1v) is 5.75. The minimum absolute atomic E-state index is 0.200. The number of rotatable bonds is 1. The van der Waals surface area contributed by atoms with Crippen LogP contribution in [-0.4, -0.2) is 42.3 Å². The Morgan fingerprint density at radius 2 is 2.00 bits per heavy atom. The molecule has 0 spiro atoms. The lowest BCUT2D eigenvalue weighted by Crippen LogP contribution is -2.43. The number of methoxy groups -OCH3 is 1. The van der Waals surface area contributed by atoms with E-state index in [2.05, 4.69) is 10.8 Å². The van der Waals surface area contributed by atoms with Gasteiger partial charge in [0.2, 0.25) is 0 Å². The highest BCUT2D eigenvalue weighted by Crippen LogP contribution is 2.25. The Morgan fingerprint density at radius 1 is 1.39 bits per heavy atom. The Hall–Kier alpha value is -1.77. The van der Waals surface area contributed by atoms with Gasteiger partial charge in [0.1, 0.15) is 11.6 Å². The van der Waals surface area contributed by atoms with Crippen molar-refractivity contribution in [3.8, 4) is 6.07 Å². The third-order valence-corrected chi connectivity index (χ3v) is 2.58. The summed E-state index contributed by atoms with van der Waals surface area (Å²) in [6.45, 7) is 5.44. The van der Waals surface area contributed by atoms with Gasteiger partial charge in [-0.15, -0.1) is 0 Å². The van der Waals surface area contributed by atoms with Crippen molar-refractivity contribution in [2.45, 2.75) is 38.8 Å². The molecule has 0 aromatic carbocycles. The molecule has 2 atom stereocenters. The fraction of sp³-hybridized carbons (Fsp3) is 0.750. The van der Waals surface area contributed by atoms with E-state index >= 15 is 0 Å². The van der Waals surface area contributed by atoms with Gasteiger partial charge in [-0.2, -0.15) is 5.26 Å². The molecule has 6 heteroatoms. The molecule has 1 unspecified atom stereocenters. The predicted molar refractivity (Wildman–Crippen MR) is 62.5 cm³/mol. The van der Waals surface area contributed by atoms with Crippen molar-refractivity contribution in [2.24, 2.45) is 5.92 Å². The number of amides is 1. The maximum absolute atomic E-state index is 11.9. The Morgan fingerprint density at radius 3 is 2.44 bits per heavy atom. The van der Waals surface area contributed by atoms with Gasteiger partial charge in [-0.1, -0.05) is 0 Å². The van der Waals surface area contributed by atoms with Gasteiger partial charge in [0.25, 0.3) is 0 Å². The monoisotopic (exact) mass is 254 g/mol. The van der Waals surface area contributed by atoms with Gasteiger partial charge < -0.3 is 9.47 Å². The fourth-order valence-electron chi connectivity index (χ4n) is 1.81. The highest BCUT2D eigenvalue weighted by molar-refractivity contribution is 5.82. The summed E-state index contributed by atoms with van der Waals surface area (Å²) in [7, 11) is 1.26. The first kappa shape index (κ1) is 14.3. The van der Waals surface area contributed by atoms with Crippen molar-refractivity contribution in [1.29, 1.82) is 5.26 Å². The number of ether oxygens (including phenoxy) is 2. The van der Waals surface area contributed by atoms with Crippen molar-refractivity contribution in [2.75, 3.05) is 13.7 Å². The summed E-state index contributed by atoms with van der Waals surface area (Å²) in [5.74, 6) is -0.875. The Balaban J connectivity index is 2.81. The summed E-state index contributed by atoms with van der Waals surface area (Å²) in [6, 6.07) is 1.34. The van der Waals surface area contributed by atoms with Crippen LogP contribution in [0.25, 0.3) is 0 Å². The minimum Gasteiger partial charge on any atom is -0.467 e. The van der Waals surface area contributed by atoms with Gasteiger partial charge >= 0.3 is 12.1 Å². The zero-order chi connectivity index (χ0) is 13.9. The van der Waals surface area contributed by atoms with Crippen LogP contribution in [0.1, 0.15) is 27.2 Å². The van der Waals surface area contributed by atoms with Crippen molar-refractivity contribution < 1.29 is 19.1 Å². The van der Waals surface area contributed by atoms with Crippen molar-refractivity contribution in [3.63, 3.8) is 0 Å². The van der Waals surface area contributed by atoms with E-state index in [1.807, 2.05) is 0 Å². The predicted octanol–water partition coefficient (Wildman–Crippen LogP) is 1.31. The second-order valence-corrected chi connectivity index (χ2v) is 5.23.